The Morgan fingerprint density at radius 3 is 0.917 bits per heavy atom. The number of benzene rings is 1. The van der Waals surface area contributed by atoms with Gasteiger partial charge in [-0.2, -0.15) is 0 Å². The number of hydrogen-bond donors (Lipinski definition) is 27. The van der Waals surface area contributed by atoms with Crippen molar-refractivity contribution in [2.45, 2.75) is 175 Å². The monoisotopic (exact) mass is 2090 g/mol. The van der Waals surface area contributed by atoms with Crippen LogP contribution in [0.4, 0.5) is 5.69 Å². The topological polar surface area (TPSA) is 791 Å². The lowest BCUT2D eigenvalue weighted by molar-refractivity contribution is -0.137. The molecule has 8 amide bonds. The Bertz CT molecular complexity index is 3420. The number of aliphatic hydroxyl groups is 21. The Balaban J connectivity index is 1.73. The van der Waals surface area contributed by atoms with Gasteiger partial charge in [0.05, 0.1) is 269 Å². The number of unbranched alkanes of at least 4 members (excludes halogenated alkanes) is 2. The van der Waals surface area contributed by atoms with E-state index in [9.17, 15) is 125 Å². The number of carbonyl (C=O) groups is 8. The predicted octanol–water partition coefficient (Wildman–Crippen LogP) is -13.5. The number of ether oxygens (including phenoxy) is 16. The summed E-state index contributed by atoms with van der Waals surface area (Å²) in [6.07, 6.45) is -27.8. The first-order valence-corrected chi connectivity index (χ1v) is 48.1. The van der Waals surface area contributed by atoms with E-state index < -0.39 is 228 Å². The summed E-state index contributed by atoms with van der Waals surface area (Å²) in [5.74, 6) is -5.28. The maximum Gasteiger partial charge on any atom is 0.254 e. The van der Waals surface area contributed by atoms with Gasteiger partial charge in [0.1, 0.15) is 91.4 Å². The lowest BCUT2D eigenvalue weighted by Gasteiger charge is -2.33. The highest BCUT2D eigenvalue weighted by Gasteiger charge is 2.38. The molecule has 2 rings (SSSR count). The van der Waals surface area contributed by atoms with Crippen molar-refractivity contribution >= 4 is 52.9 Å². The number of carbonyl (C=O) groups excluding carboxylic acids is 8. The van der Waals surface area contributed by atoms with Gasteiger partial charge in [0.25, 0.3) is 17.7 Å². The molecule has 54 heteroatoms. The molecule has 20 atom stereocenters. The number of rotatable bonds is 96. The first-order chi connectivity index (χ1) is 69.0. The van der Waals surface area contributed by atoms with E-state index in [1.54, 1.807) is 13.8 Å². The van der Waals surface area contributed by atoms with Crippen LogP contribution in [0.15, 0.2) is 36.4 Å². The highest BCUT2D eigenvalue weighted by atomic mass is 16.6. The molecule has 838 valence electrons. The van der Waals surface area contributed by atoms with Crippen molar-refractivity contribution in [3.63, 3.8) is 0 Å². The molecular weight excluding hydrogens is 1930 g/mol. The molecule has 0 radical (unpaired) electrons. The quantitative estimate of drug-likeness (QED) is 0.0213. The zero-order valence-electron chi connectivity index (χ0n) is 82.5. The SMILES string of the molecule is CC(C)[C@H](NC(=O)CCCCCN1C(=O)C=CC1=O)C(=O)N[C@@H](C)C(=O)Nc1ccc(C(O)C(=O)NC(CC(=O)NCCOCCOCCOCCOCCOCCOCCOCCOCCN(C[C@@H](O)[C@H](O)[C@@H](O)[C@@H](O)CO)C[C@@H](O)[C@H](O)[C@@H](O)[C@@H](O)CO)C(=O)NCCOCCOCCOCCOCCOCCOCCOCCOCCN(C[C@H](O)[C@@H](O)[C@H](O)[C@H](O)CO)C[C@H](O)[C@@H](O)[C@H](O)[C@H](O)CO)cc1. The highest BCUT2D eigenvalue weighted by molar-refractivity contribution is 6.12. The van der Waals surface area contributed by atoms with E-state index >= 15 is 0 Å². The van der Waals surface area contributed by atoms with Gasteiger partial charge in [-0.15, -0.1) is 0 Å². The molecule has 0 bridgehead atoms. The molecule has 27 N–H and O–H groups in total. The second-order valence-electron chi connectivity index (χ2n) is 33.4. The van der Waals surface area contributed by atoms with Crippen LogP contribution < -0.4 is 31.9 Å². The molecule has 0 aromatic heterocycles. The van der Waals surface area contributed by atoms with Crippen molar-refractivity contribution in [3.05, 3.63) is 42.0 Å². The van der Waals surface area contributed by atoms with Crippen LogP contribution in [0, 0.1) is 5.92 Å². The molecule has 1 aromatic carbocycles. The van der Waals surface area contributed by atoms with Crippen molar-refractivity contribution in [1.29, 1.82) is 0 Å². The molecule has 0 saturated heterocycles. The minimum Gasteiger partial charge on any atom is -0.394 e. The van der Waals surface area contributed by atoms with Crippen molar-refractivity contribution in [1.82, 2.24) is 41.3 Å². The number of imide groups is 1. The average Bonchev–Trinajstić information content (AvgIpc) is 1.54. The van der Waals surface area contributed by atoms with Gasteiger partial charge in [-0.25, -0.2) is 0 Å². The highest BCUT2D eigenvalue weighted by Crippen LogP contribution is 2.20. The fourth-order valence-corrected chi connectivity index (χ4v) is 13.0. The van der Waals surface area contributed by atoms with Gasteiger partial charge in [0, 0.05) is 83.2 Å². The van der Waals surface area contributed by atoms with Crippen molar-refractivity contribution in [3.8, 4) is 0 Å². The first-order valence-electron chi connectivity index (χ1n) is 48.1. The van der Waals surface area contributed by atoms with E-state index in [2.05, 4.69) is 31.9 Å². The van der Waals surface area contributed by atoms with Gasteiger partial charge >= 0.3 is 0 Å². The molecule has 54 nitrogen and oxygen atoms in total. The minimum absolute atomic E-state index is 0.00359. The third-order valence-electron chi connectivity index (χ3n) is 21.5. The number of anilines is 1. The van der Waals surface area contributed by atoms with Gasteiger partial charge in [0.2, 0.25) is 29.5 Å². The van der Waals surface area contributed by atoms with E-state index in [-0.39, 0.29) is 235 Å². The zero-order chi connectivity index (χ0) is 107. The summed E-state index contributed by atoms with van der Waals surface area (Å²) < 4.78 is 88.6. The third kappa shape index (κ3) is 60.9. The van der Waals surface area contributed by atoms with Gasteiger partial charge < -0.3 is 215 Å². The summed E-state index contributed by atoms with van der Waals surface area (Å²) >= 11 is 0. The smallest absolute Gasteiger partial charge is 0.254 e. The van der Waals surface area contributed by atoms with Crippen LogP contribution in [-0.4, -0.2) is 582 Å². The Hall–Kier alpha value is -6.64. The Morgan fingerprint density at radius 2 is 0.611 bits per heavy atom. The van der Waals surface area contributed by atoms with E-state index in [0.717, 1.165) is 4.90 Å². The summed E-state index contributed by atoms with van der Waals surface area (Å²) in [4.78, 5) is 107. The van der Waals surface area contributed by atoms with Crippen LogP contribution in [0.3, 0.4) is 0 Å². The van der Waals surface area contributed by atoms with Gasteiger partial charge in [-0.1, -0.05) is 32.4 Å². The normalized spacial score (nSPS) is 16.7. The summed E-state index contributed by atoms with van der Waals surface area (Å²) in [5, 5.41) is 225. The summed E-state index contributed by atoms with van der Waals surface area (Å²) in [6, 6.07) is 1.88. The fraction of sp³-hybridized carbons (Fsp3) is 0.822. The summed E-state index contributed by atoms with van der Waals surface area (Å²) in [6.45, 7) is 6.30. The molecule has 0 saturated carbocycles. The Labute approximate surface area is 837 Å². The fourth-order valence-electron chi connectivity index (χ4n) is 13.0. The van der Waals surface area contributed by atoms with Gasteiger partial charge in [-0.05, 0) is 43.4 Å². The first kappa shape index (κ1) is 133. The number of nitrogens with zero attached hydrogens (tertiary/aromatic N) is 3. The second-order valence-corrected chi connectivity index (χ2v) is 33.4. The van der Waals surface area contributed by atoms with Crippen molar-refractivity contribution in [2.75, 3.05) is 302 Å². The molecule has 1 aliphatic rings. The molecular formula is C90H163N9O45. The average molecular weight is 2090 g/mol. The number of amides is 8. The lowest BCUT2D eigenvalue weighted by Crippen LogP contribution is -2.53. The van der Waals surface area contributed by atoms with E-state index in [4.69, 9.17) is 96.2 Å². The minimum atomic E-state index is -1.93. The van der Waals surface area contributed by atoms with E-state index in [0.29, 0.717) is 52.3 Å². The standard InChI is InChI=1S/C90H163N9O45/c1-60(2)77(96-73(112)7-5-4-6-16-99-75(114)12-13-76(99)115)89(127)93-61(3)87(125)94-63-10-8-62(9-11-63)78(116)90(128)95-64(88(126)92-15-20-130-24-28-134-32-36-138-40-44-142-48-50-144-46-42-140-38-34-136-30-26-132-22-18-98(54-67(106)81(119)85(123)71(110)58-102)55-68(107)82(120)86(124)72(111)59-103)51-74(113)91-14-19-129-23-27-133-31-35-137-39-43-141-47-49-143-45-41-139-37-33-135-29-25-131-21-17-97(52-65(104)79(117)83(121)69(108)56-100)53-66(105)80(118)84(122)70(109)57-101/h8-13,60-61,64-72,77-86,100-111,116-124H,4-7,14-59H2,1-3H3,(H,91,113)(H,92,126)(H,93,127)(H,94,125)(H,95,128)(H,96,112)/t61-,64?,65+,66+,67-,68-,69-,70-,71+,72+,77-,78?,79-,80-,81+,82+,83-,84-,85+,86+/m0/s1. The molecule has 144 heavy (non-hydrogen) atoms. The van der Waals surface area contributed by atoms with E-state index in [1.807, 2.05) is 0 Å². The van der Waals surface area contributed by atoms with Crippen molar-refractivity contribution in [2.24, 2.45) is 5.92 Å². The van der Waals surface area contributed by atoms with Crippen molar-refractivity contribution < 1.29 is 221 Å². The molecule has 1 heterocycles. The second kappa shape index (κ2) is 83.1. The summed E-state index contributed by atoms with van der Waals surface area (Å²) in [7, 11) is 0. The number of aliphatic hydroxyl groups excluding tert-OH is 21. The zero-order valence-corrected chi connectivity index (χ0v) is 82.5. The largest absolute Gasteiger partial charge is 0.394 e. The lowest BCUT2D eigenvalue weighted by atomic mass is 10.0. The maximum atomic E-state index is 13.6. The van der Waals surface area contributed by atoms with Crippen LogP contribution >= 0.6 is 0 Å². The number of nitrogens with one attached hydrogen (secondary N) is 6. The van der Waals surface area contributed by atoms with Gasteiger partial charge in [0.15, 0.2) is 6.10 Å². The van der Waals surface area contributed by atoms with Crippen LogP contribution in [0.2, 0.25) is 0 Å². The summed E-state index contributed by atoms with van der Waals surface area (Å²) in [5.41, 5.74) is 0.259. The molecule has 2 unspecified atom stereocenters. The van der Waals surface area contributed by atoms with Crippen LogP contribution in [0.1, 0.15) is 64.5 Å². The molecule has 1 aliphatic heterocycles. The number of hydrogen-bond acceptors (Lipinski definition) is 47. The van der Waals surface area contributed by atoms with Gasteiger partial charge in [-0.3, -0.25) is 53.1 Å². The van der Waals surface area contributed by atoms with Crippen LogP contribution in [0.5, 0.6) is 0 Å². The molecule has 0 spiro atoms. The molecule has 0 fully saturated rings. The van der Waals surface area contributed by atoms with Crippen LogP contribution in [0.25, 0.3) is 0 Å². The predicted molar refractivity (Wildman–Crippen MR) is 502 cm³/mol. The Kier molecular flexibility index (Phi) is 77.0. The van der Waals surface area contributed by atoms with E-state index in [1.165, 1.54) is 53.1 Å². The molecule has 1 aromatic rings. The Morgan fingerprint density at radius 1 is 0.319 bits per heavy atom. The van der Waals surface area contributed by atoms with Crippen LogP contribution in [-0.2, 0) is 114 Å². The maximum absolute atomic E-state index is 13.6. The third-order valence-corrected chi connectivity index (χ3v) is 21.5. The molecule has 0 aliphatic carbocycles.